The molecule has 0 rings (SSSR count). The van der Waals surface area contributed by atoms with Crippen molar-refractivity contribution < 1.29 is 8.42 Å². The topological polar surface area (TPSA) is 46.2 Å². The van der Waals surface area contributed by atoms with Gasteiger partial charge in [-0.15, -0.1) is 0 Å². The van der Waals surface area contributed by atoms with Crippen LogP contribution in [-0.4, -0.2) is 32.5 Å². The van der Waals surface area contributed by atoms with Crippen LogP contribution in [0.15, 0.2) is 0 Å². The molecule has 0 bridgehead atoms. The molecule has 0 aliphatic rings. The fourth-order valence-electron chi connectivity index (χ4n) is 1.12. The Kier molecular flexibility index (Phi) is 5.67. The van der Waals surface area contributed by atoms with E-state index in [1.54, 1.807) is 13.8 Å². The maximum atomic E-state index is 11.5. The quantitative estimate of drug-likeness (QED) is 0.738. The zero-order valence-electron chi connectivity index (χ0n) is 9.87. The molecule has 0 amide bonds. The molecule has 0 aromatic carbocycles. The molecule has 0 aliphatic heterocycles. The maximum absolute atomic E-state index is 11.5. The second-order valence-electron chi connectivity index (χ2n) is 4.26. The number of sulfone groups is 1. The molecule has 3 nitrogen and oxygen atoms in total. The third-order valence-electron chi connectivity index (χ3n) is 2.88. The zero-order valence-corrected chi connectivity index (χ0v) is 10.7. The van der Waals surface area contributed by atoms with Crippen LogP contribution in [0.5, 0.6) is 0 Å². The van der Waals surface area contributed by atoms with Gasteiger partial charge in [0.1, 0.15) is 0 Å². The highest BCUT2D eigenvalue weighted by molar-refractivity contribution is 7.91. The summed E-state index contributed by atoms with van der Waals surface area (Å²) in [5.41, 5.74) is 0. The summed E-state index contributed by atoms with van der Waals surface area (Å²) in [6.07, 6.45) is 0.739. The molecule has 0 radical (unpaired) electrons. The van der Waals surface area contributed by atoms with Gasteiger partial charge >= 0.3 is 0 Å². The van der Waals surface area contributed by atoms with Crippen LogP contribution in [-0.2, 0) is 9.84 Å². The maximum Gasteiger partial charge on any atom is 0.152 e. The summed E-state index contributed by atoms with van der Waals surface area (Å²) in [5.74, 6) is 0.700. The molecule has 0 spiro atoms. The minimum Gasteiger partial charge on any atom is -0.317 e. The molecule has 0 saturated heterocycles. The predicted molar refractivity (Wildman–Crippen MR) is 61.2 cm³/mol. The van der Waals surface area contributed by atoms with Gasteiger partial charge in [-0.25, -0.2) is 8.42 Å². The van der Waals surface area contributed by atoms with E-state index in [1.807, 2.05) is 7.05 Å². The first kappa shape index (κ1) is 13.9. The average molecular weight is 221 g/mol. The van der Waals surface area contributed by atoms with Crippen LogP contribution in [0.25, 0.3) is 0 Å². The lowest BCUT2D eigenvalue weighted by atomic mass is 10.0. The Morgan fingerprint density at radius 2 is 1.64 bits per heavy atom. The standard InChI is InChI=1S/C10H23NO2S/c1-8(2)14(12,13)7-6-9(3)10(4)11-5/h8-11H,6-7H2,1-5H3. The Morgan fingerprint density at radius 3 is 2.00 bits per heavy atom. The molecule has 0 aliphatic carbocycles. The molecule has 0 heterocycles. The van der Waals surface area contributed by atoms with Crippen molar-refractivity contribution in [3.05, 3.63) is 0 Å². The van der Waals surface area contributed by atoms with Gasteiger partial charge in [-0.3, -0.25) is 0 Å². The molecule has 0 aromatic heterocycles. The van der Waals surface area contributed by atoms with Crippen LogP contribution >= 0.6 is 0 Å². The highest BCUT2D eigenvalue weighted by atomic mass is 32.2. The molecule has 1 N–H and O–H groups in total. The summed E-state index contributed by atoms with van der Waals surface area (Å²) in [4.78, 5) is 0. The molecule has 4 heteroatoms. The Morgan fingerprint density at radius 1 is 1.14 bits per heavy atom. The normalized spacial score (nSPS) is 17.0. The van der Waals surface area contributed by atoms with Crippen LogP contribution in [0.4, 0.5) is 0 Å². The summed E-state index contributed by atoms with van der Waals surface area (Å²) < 4.78 is 23.1. The van der Waals surface area contributed by atoms with Gasteiger partial charge in [-0.1, -0.05) is 6.92 Å². The van der Waals surface area contributed by atoms with E-state index in [2.05, 4.69) is 19.2 Å². The van der Waals surface area contributed by atoms with Gasteiger partial charge in [-0.2, -0.15) is 0 Å². The van der Waals surface area contributed by atoms with E-state index in [1.165, 1.54) is 0 Å². The van der Waals surface area contributed by atoms with Gasteiger partial charge in [0.15, 0.2) is 9.84 Å². The molecule has 2 atom stereocenters. The van der Waals surface area contributed by atoms with Crippen molar-refractivity contribution in [3.63, 3.8) is 0 Å². The summed E-state index contributed by atoms with van der Waals surface area (Å²) in [5, 5.41) is 2.88. The van der Waals surface area contributed by atoms with Crippen LogP contribution in [0, 0.1) is 5.92 Å². The highest BCUT2D eigenvalue weighted by Gasteiger charge is 2.19. The summed E-state index contributed by atoms with van der Waals surface area (Å²) in [6.45, 7) is 7.63. The lowest BCUT2D eigenvalue weighted by Crippen LogP contribution is -2.30. The Hall–Kier alpha value is -0.0900. The SMILES string of the molecule is CNC(C)C(C)CCS(=O)(=O)C(C)C. The zero-order chi connectivity index (χ0) is 11.4. The van der Waals surface area contributed by atoms with Gasteiger partial charge in [0, 0.05) is 6.04 Å². The van der Waals surface area contributed by atoms with Gasteiger partial charge in [0.2, 0.25) is 0 Å². The number of nitrogens with one attached hydrogen (secondary N) is 1. The van der Waals surface area contributed by atoms with Crippen molar-refractivity contribution in [1.29, 1.82) is 0 Å². The molecule has 0 fully saturated rings. The fourth-order valence-corrected chi connectivity index (χ4v) is 2.29. The van der Waals surface area contributed by atoms with Crippen LogP contribution in [0.2, 0.25) is 0 Å². The Balaban J connectivity index is 4.07. The van der Waals surface area contributed by atoms with Crippen molar-refractivity contribution in [2.75, 3.05) is 12.8 Å². The fraction of sp³-hybridized carbons (Fsp3) is 1.00. The first-order chi connectivity index (χ1) is 6.31. The van der Waals surface area contributed by atoms with E-state index < -0.39 is 9.84 Å². The van der Waals surface area contributed by atoms with Crippen molar-refractivity contribution >= 4 is 9.84 Å². The van der Waals surface area contributed by atoms with E-state index in [4.69, 9.17) is 0 Å². The van der Waals surface area contributed by atoms with Gasteiger partial charge in [-0.05, 0) is 40.2 Å². The lowest BCUT2D eigenvalue weighted by Gasteiger charge is -2.19. The largest absolute Gasteiger partial charge is 0.317 e. The van der Waals surface area contributed by atoms with E-state index in [-0.39, 0.29) is 5.25 Å². The second-order valence-corrected chi connectivity index (χ2v) is 6.94. The minimum absolute atomic E-state index is 0.250. The third kappa shape index (κ3) is 4.42. The summed E-state index contributed by atoms with van der Waals surface area (Å²) in [7, 11) is -0.962. The van der Waals surface area contributed by atoms with E-state index in [0.717, 1.165) is 6.42 Å². The van der Waals surface area contributed by atoms with Gasteiger partial charge < -0.3 is 5.32 Å². The molecule has 86 valence electrons. The van der Waals surface area contributed by atoms with E-state index >= 15 is 0 Å². The lowest BCUT2D eigenvalue weighted by molar-refractivity contribution is 0.414. The van der Waals surface area contributed by atoms with Crippen LogP contribution in [0.1, 0.15) is 34.1 Å². The van der Waals surface area contributed by atoms with Crippen molar-refractivity contribution in [2.45, 2.75) is 45.4 Å². The van der Waals surface area contributed by atoms with Crippen LogP contribution < -0.4 is 5.32 Å². The molecule has 14 heavy (non-hydrogen) atoms. The monoisotopic (exact) mass is 221 g/mol. The van der Waals surface area contributed by atoms with Gasteiger partial charge in [0.25, 0.3) is 0 Å². The third-order valence-corrected chi connectivity index (χ3v) is 5.13. The highest BCUT2D eigenvalue weighted by Crippen LogP contribution is 2.11. The number of hydrogen-bond acceptors (Lipinski definition) is 3. The second kappa shape index (κ2) is 5.71. The predicted octanol–water partition coefficient (Wildman–Crippen LogP) is 1.44. The molecular formula is C10H23NO2S. The molecular weight excluding hydrogens is 198 g/mol. The Labute approximate surface area is 88.2 Å². The molecule has 2 unspecified atom stereocenters. The summed E-state index contributed by atoms with van der Waals surface area (Å²) >= 11 is 0. The minimum atomic E-state index is -2.86. The van der Waals surface area contributed by atoms with Crippen molar-refractivity contribution in [3.8, 4) is 0 Å². The first-order valence-corrected chi connectivity index (χ1v) is 6.91. The Bertz CT molecular complexity index is 247. The van der Waals surface area contributed by atoms with Crippen molar-refractivity contribution in [1.82, 2.24) is 5.32 Å². The molecule has 0 aromatic rings. The van der Waals surface area contributed by atoms with Crippen molar-refractivity contribution in [2.24, 2.45) is 5.92 Å². The average Bonchev–Trinajstić information content (AvgIpc) is 2.12. The first-order valence-electron chi connectivity index (χ1n) is 5.20. The van der Waals surface area contributed by atoms with E-state index in [9.17, 15) is 8.42 Å². The van der Waals surface area contributed by atoms with Gasteiger partial charge in [0.05, 0.1) is 11.0 Å². The smallest absolute Gasteiger partial charge is 0.152 e. The van der Waals surface area contributed by atoms with E-state index in [0.29, 0.717) is 17.7 Å². The summed E-state index contributed by atoms with van der Waals surface area (Å²) in [6, 6.07) is 0.373. The van der Waals surface area contributed by atoms with Crippen LogP contribution in [0.3, 0.4) is 0 Å². The number of hydrogen-bond donors (Lipinski definition) is 1. The molecule has 0 saturated carbocycles. The number of rotatable bonds is 6.